The molecule has 6 nitrogen and oxygen atoms in total. The van der Waals surface area contributed by atoms with Crippen LogP contribution in [-0.4, -0.2) is 20.9 Å². The number of benzene rings is 3. The number of nitrogens with two attached hydrogens (primary N) is 1. The highest BCUT2D eigenvalue weighted by Crippen LogP contribution is 2.30. The number of carbonyl (C=O) groups excluding carboxylic acids is 1. The number of primary amides is 1. The van der Waals surface area contributed by atoms with E-state index in [9.17, 15) is 4.79 Å². The minimum absolute atomic E-state index is 0.529. The predicted octanol–water partition coefficient (Wildman–Crippen LogP) is 4.30. The molecule has 0 fully saturated rings. The number of rotatable bonds is 5. The molecular weight excluding hydrogens is 388 g/mol. The number of nitrogens with zero attached hydrogens (tertiary/aromatic N) is 3. The fourth-order valence-corrected chi connectivity index (χ4v) is 3.28. The monoisotopic (exact) mass is 406 g/mol. The van der Waals surface area contributed by atoms with Crippen molar-refractivity contribution in [1.82, 2.24) is 15.0 Å². The number of hydrogen-bond donors (Lipinski definition) is 1. The van der Waals surface area contributed by atoms with Gasteiger partial charge in [0.25, 0.3) is 5.91 Å². The van der Waals surface area contributed by atoms with Gasteiger partial charge in [-0.3, -0.25) is 4.79 Å². The number of para-hydroxylation sites is 1. The van der Waals surface area contributed by atoms with E-state index in [1.54, 1.807) is 35.1 Å². The molecule has 1 heterocycles. The Hall–Kier alpha value is -3.38. The molecule has 3 aromatic carbocycles. The minimum atomic E-state index is -0.957. The Kier molecular flexibility index (Phi) is 4.94. The van der Waals surface area contributed by atoms with Gasteiger partial charge < -0.3 is 10.5 Å². The number of hydrogen-bond acceptors (Lipinski definition) is 4. The Morgan fingerprint density at radius 1 is 1.00 bits per heavy atom. The Labute approximate surface area is 172 Å². The van der Waals surface area contributed by atoms with Gasteiger partial charge in [-0.1, -0.05) is 35.9 Å². The molecule has 2 N–H and O–H groups in total. The maximum Gasteiger partial charge on any atom is 0.263 e. The molecule has 146 valence electrons. The standard InChI is InChI=1S/C22H19ClN4O2/c1-13-10-17(11-14(2)20(13)23)29-21(22(24)28)15-8-9-18-19(12-15)26-27(25-18)16-6-4-3-5-7-16/h3-12,21H,1-2H3,(H2,24,28). The first-order valence-corrected chi connectivity index (χ1v) is 9.45. The maximum atomic E-state index is 12.1. The van der Waals surface area contributed by atoms with Crippen molar-refractivity contribution in [2.24, 2.45) is 5.73 Å². The zero-order valence-electron chi connectivity index (χ0n) is 16.0. The Morgan fingerprint density at radius 2 is 1.66 bits per heavy atom. The zero-order chi connectivity index (χ0) is 20.5. The average molecular weight is 407 g/mol. The van der Waals surface area contributed by atoms with Gasteiger partial charge in [0.15, 0.2) is 0 Å². The third kappa shape index (κ3) is 3.79. The van der Waals surface area contributed by atoms with Gasteiger partial charge in [-0.25, -0.2) is 0 Å². The van der Waals surface area contributed by atoms with Crippen molar-refractivity contribution in [2.75, 3.05) is 0 Å². The molecule has 7 heteroatoms. The summed E-state index contributed by atoms with van der Waals surface area (Å²) in [5.41, 5.74) is 10.2. The maximum absolute atomic E-state index is 12.1. The molecule has 1 unspecified atom stereocenters. The first-order chi connectivity index (χ1) is 13.9. The van der Waals surface area contributed by atoms with E-state index < -0.39 is 12.0 Å². The van der Waals surface area contributed by atoms with Crippen molar-refractivity contribution in [3.63, 3.8) is 0 Å². The van der Waals surface area contributed by atoms with Crippen LogP contribution >= 0.6 is 11.6 Å². The molecule has 29 heavy (non-hydrogen) atoms. The first-order valence-electron chi connectivity index (χ1n) is 9.07. The van der Waals surface area contributed by atoms with Gasteiger partial charge >= 0.3 is 0 Å². The van der Waals surface area contributed by atoms with Crippen molar-refractivity contribution in [1.29, 1.82) is 0 Å². The summed E-state index contributed by atoms with van der Waals surface area (Å²) in [5.74, 6) is -0.0636. The predicted molar refractivity (Wildman–Crippen MR) is 112 cm³/mol. The number of aromatic nitrogens is 3. The van der Waals surface area contributed by atoms with E-state index in [4.69, 9.17) is 22.1 Å². The lowest BCUT2D eigenvalue weighted by Crippen LogP contribution is -2.26. The number of carbonyl (C=O) groups is 1. The van der Waals surface area contributed by atoms with Crippen molar-refractivity contribution in [3.05, 3.63) is 82.4 Å². The number of amides is 1. The van der Waals surface area contributed by atoms with Gasteiger partial charge in [-0.2, -0.15) is 4.80 Å². The topological polar surface area (TPSA) is 83.0 Å². The largest absolute Gasteiger partial charge is 0.476 e. The van der Waals surface area contributed by atoms with Crippen LogP contribution < -0.4 is 10.5 Å². The van der Waals surface area contributed by atoms with Crippen LogP contribution in [0.1, 0.15) is 22.8 Å². The fourth-order valence-electron chi connectivity index (χ4n) is 3.17. The third-order valence-corrected chi connectivity index (χ3v) is 5.21. The van der Waals surface area contributed by atoms with Gasteiger partial charge in [0.05, 0.1) is 5.69 Å². The van der Waals surface area contributed by atoms with Gasteiger partial charge in [0, 0.05) is 10.6 Å². The van der Waals surface area contributed by atoms with E-state index >= 15 is 0 Å². The summed E-state index contributed by atoms with van der Waals surface area (Å²) >= 11 is 6.22. The van der Waals surface area contributed by atoms with E-state index in [0.29, 0.717) is 27.4 Å². The van der Waals surface area contributed by atoms with Crippen LogP contribution in [0.15, 0.2) is 60.7 Å². The lowest BCUT2D eigenvalue weighted by atomic mass is 10.1. The smallest absolute Gasteiger partial charge is 0.263 e. The van der Waals surface area contributed by atoms with E-state index in [-0.39, 0.29) is 0 Å². The summed E-state index contributed by atoms with van der Waals surface area (Å²) in [6.45, 7) is 3.77. The second-order valence-electron chi connectivity index (χ2n) is 6.84. The van der Waals surface area contributed by atoms with Crippen LogP contribution in [0.2, 0.25) is 5.02 Å². The fraction of sp³-hybridized carbons (Fsp3) is 0.136. The van der Waals surface area contributed by atoms with Crippen LogP contribution in [0.5, 0.6) is 5.75 Å². The summed E-state index contributed by atoms with van der Waals surface area (Å²) in [6.07, 6.45) is -0.957. The first kappa shape index (κ1) is 19.0. The molecule has 1 amide bonds. The molecule has 1 atom stereocenters. The highest BCUT2D eigenvalue weighted by molar-refractivity contribution is 6.32. The summed E-state index contributed by atoms with van der Waals surface area (Å²) < 4.78 is 5.93. The van der Waals surface area contributed by atoms with Crippen molar-refractivity contribution in [2.45, 2.75) is 20.0 Å². The quantitative estimate of drug-likeness (QED) is 0.535. The van der Waals surface area contributed by atoms with Gasteiger partial charge in [0.1, 0.15) is 16.8 Å². The van der Waals surface area contributed by atoms with Gasteiger partial charge in [0.2, 0.25) is 6.10 Å². The van der Waals surface area contributed by atoms with E-state index in [1.165, 1.54) is 0 Å². The van der Waals surface area contributed by atoms with Crippen molar-refractivity contribution >= 4 is 28.5 Å². The van der Waals surface area contributed by atoms with Crippen LogP contribution in [0.4, 0.5) is 0 Å². The number of halogens is 1. The Morgan fingerprint density at radius 3 is 2.31 bits per heavy atom. The molecule has 0 bridgehead atoms. The summed E-state index contributed by atoms with van der Waals surface area (Å²) in [4.78, 5) is 13.7. The molecule has 0 aliphatic rings. The van der Waals surface area contributed by atoms with E-state index in [2.05, 4.69) is 10.2 Å². The lowest BCUT2D eigenvalue weighted by molar-refractivity contribution is -0.125. The van der Waals surface area contributed by atoms with Gasteiger partial charge in [-0.05, 0) is 61.4 Å². The molecule has 1 aromatic heterocycles. The molecule has 4 rings (SSSR count). The number of aryl methyl sites for hydroxylation is 2. The van der Waals surface area contributed by atoms with Crippen molar-refractivity contribution < 1.29 is 9.53 Å². The summed E-state index contributed by atoms with van der Waals surface area (Å²) in [7, 11) is 0. The Balaban J connectivity index is 1.69. The van der Waals surface area contributed by atoms with Crippen LogP contribution in [-0.2, 0) is 4.79 Å². The highest BCUT2D eigenvalue weighted by atomic mass is 35.5. The summed E-state index contributed by atoms with van der Waals surface area (Å²) in [5, 5.41) is 9.66. The SMILES string of the molecule is Cc1cc(OC(C(N)=O)c2ccc3nn(-c4ccccc4)nc3c2)cc(C)c1Cl. The van der Waals surface area contributed by atoms with Crippen LogP contribution in [0, 0.1) is 13.8 Å². The zero-order valence-corrected chi connectivity index (χ0v) is 16.7. The number of ether oxygens (including phenoxy) is 1. The molecular formula is C22H19ClN4O2. The van der Waals surface area contributed by atoms with E-state index in [0.717, 1.165) is 16.8 Å². The molecule has 0 aliphatic carbocycles. The normalized spacial score (nSPS) is 12.1. The van der Waals surface area contributed by atoms with Crippen LogP contribution in [0.25, 0.3) is 16.7 Å². The second-order valence-corrected chi connectivity index (χ2v) is 7.22. The number of fused-ring (bicyclic) bond motifs is 1. The second kappa shape index (κ2) is 7.56. The lowest BCUT2D eigenvalue weighted by Gasteiger charge is -2.17. The molecule has 0 radical (unpaired) electrons. The Bertz CT molecular complexity index is 1180. The molecule has 0 saturated heterocycles. The third-order valence-electron chi connectivity index (χ3n) is 4.62. The van der Waals surface area contributed by atoms with Crippen LogP contribution in [0.3, 0.4) is 0 Å². The average Bonchev–Trinajstić information content (AvgIpc) is 3.14. The molecule has 0 spiro atoms. The molecule has 0 aliphatic heterocycles. The molecule has 4 aromatic rings. The molecule has 0 saturated carbocycles. The highest BCUT2D eigenvalue weighted by Gasteiger charge is 2.22. The minimum Gasteiger partial charge on any atom is -0.476 e. The van der Waals surface area contributed by atoms with Crippen molar-refractivity contribution in [3.8, 4) is 11.4 Å². The van der Waals surface area contributed by atoms with E-state index in [1.807, 2.05) is 44.2 Å². The van der Waals surface area contributed by atoms with Gasteiger partial charge in [-0.15, -0.1) is 10.2 Å². The summed E-state index contributed by atoms with van der Waals surface area (Å²) in [6, 6.07) is 18.5.